The van der Waals surface area contributed by atoms with Crippen molar-refractivity contribution in [1.29, 1.82) is 0 Å². The molecule has 7 nitrogen and oxygen atoms in total. The lowest BCUT2D eigenvalue weighted by Crippen LogP contribution is -2.21. The number of nitrogens with zero attached hydrogens (tertiary/aromatic N) is 4. The van der Waals surface area contributed by atoms with Gasteiger partial charge < -0.3 is 15.5 Å². The summed E-state index contributed by atoms with van der Waals surface area (Å²) >= 11 is 0. The van der Waals surface area contributed by atoms with Gasteiger partial charge in [-0.1, -0.05) is 0 Å². The lowest BCUT2D eigenvalue weighted by molar-refractivity contribution is 0.102. The second-order valence-electron chi connectivity index (χ2n) is 6.17. The molecule has 28 heavy (non-hydrogen) atoms. The van der Waals surface area contributed by atoms with Crippen LogP contribution in [0.2, 0.25) is 0 Å². The Morgan fingerprint density at radius 3 is 2.39 bits per heavy atom. The van der Waals surface area contributed by atoms with E-state index < -0.39 is 0 Å². The molecular weight excluding hydrogens is 352 g/mol. The van der Waals surface area contributed by atoms with E-state index in [1.165, 1.54) is 6.33 Å². The number of carbonyl (C=O) groups excluding carboxylic acids is 1. The Morgan fingerprint density at radius 2 is 1.71 bits per heavy atom. The van der Waals surface area contributed by atoms with Gasteiger partial charge >= 0.3 is 0 Å². The number of carbonyl (C=O) groups is 1. The Hall–Kier alpha value is -3.48. The predicted molar refractivity (Wildman–Crippen MR) is 112 cm³/mol. The van der Waals surface area contributed by atoms with Gasteiger partial charge in [-0.25, -0.2) is 9.97 Å². The van der Waals surface area contributed by atoms with Gasteiger partial charge in [-0.05, 0) is 55.8 Å². The SMILES string of the molecule is CCN(CC)c1ccc(NC(=O)c2cc(NCc3ccncc3)ncn2)cc1. The molecular formula is C21H24N6O. The molecule has 3 rings (SSSR count). The lowest BCUT2D eigenvalue weighted by Gasteiger charge is -2.21. The van der Waals surface area contributed by atoms with Gasteiger partial charge in [-0.3, -0.25) is 9.78 Å². The zero-order valence-electron chi connectivity index (χ0n) is 16.1. The first kappa shape index (κ1) is 19.3. The maximum atomic E-state index is 12.5. The quantitative estimate of drug-likeness (QED) is 0.625. The van der Waals surface area contributed by atoms with Gasteiger partial charge in [0.05, 0.1) is 0 Å². The van der Waals surface area contributed by atoms with Gasteiger partial charge in [-0.15, -0.1) is 0 Å². The minimum absolute atomic E-state index is 0.273. The van der Waals surface area contributed by atoms with Crippen LogP contribution in [-0.4, -0.2) is 33.9 Å². The van der Waals surface area contributed by atoms with E-state index >= 15 is 0 Å². The highest BCUT2D eigenvalue weighted by Gasteiger charge is 2.10. The number of nitrogens with one attached hydrogen (secondary N) is 2. The van der Waals surface area contributed by atoms with Gasteiger partial charge in [-0.2, -0.15) is 0 Å². The number of anilines is 3. The second kappa shape index (κ2) is 9.45. The summed E-state index contributed by atoms with van der Waals surface area (Å²) < 4.78 is 0. The summed E-state index contributed by atoms with van der Waals surface area (Å²) in [6.45, 7) is 6.72. The fourth-order valence-corrected chi connectivity index (χ4v) is 2.81. The first-order valence-corrected chi connectivity index (χ1v) is 9.30. The van der Waals surface area contributed by atoms with Crippen LogP contribution in [0.4, 0.5) is 17.2 Å². The normalized spacial score (nSPS) is 10.4. The molecule has 144 valence electrons. The monoisotopic (exact) mass is 376 g/mol. The highest BCUT2D eigenvalue weighted by molar-refractivity contribution is 6.03. The molecule has 3 aromatic rings. The Labute approximate surface area is 164 Å². The minimum atomic E-state index is -0.273. The van der Waals surface area contributed by atoms with Crippen LogP contribution in [0.15, 0.2) is 61.2 Å². The molecule has 0 aliphatic rings. The fourth-order valence-electron chi connectivity index (χ4n) is 2.81. The Bertz CT molecular complexity index is 894. The second-order valence-corrected chi connectivity index (χ2v) is 6.17. The molecule has 2 N–H and O–H groups in total. The number of amides is 1. The molecule has 0 saturated carbocycles. The lowest BCUT2D eigenvalue weighted by atomic mass is 10.2. The van der Waals surface area contributed by atoms with Crippen LogP contribution in [-0.2, 0) is 6.54 Å². The molecule has 1 aromatic carbocycles. The molecule has 0 aliphatic carbocycles. The van der Waals surface area contributed by atoms with Crippen molar-refractivity contribution in [3.05, 3.63) is 72.4 Å². The molecule has 2 aromatic heterocycles. The number of aromatic nitrogens is 3. The van der Waals surface area contributed by atoms with Crippen molar-refractivity contribution in [3.63, 3.8) is 0 Å². The van der Waals surface area contributed by atoms with E-state index in [0.29, 0.717) is 18.1 Å². The average molecular weight is 376 g/mol. The van der Waals surface area contributed by atoms with E-state index in [9.17, 15) is 4.79 Å². The first-order chi connectivity index (χ1) is 13.7. The third-order valence-electron chi connectivity index (χ3n) is 4.38. The van der Waals surface area contributed by atoms with Crippen molar-refractivity contribution in [2.45, 2.75) is 20.4 Å². The number of hydrogen-bond donors (Lipinski definition) is 2. The van der Waals surface area contributed by atoms with Crippen molar-refractivity contribution in [2.75, 3.05) is 28.6 Å². The maximum absolute atomic E-state index is 12.5. The van der Waals surface area contributed by atoms with Crippen LogP contribution in [0.3, 0.4) is 0 Å². The molecule has 0 bridgehead atoms. The minimum Gasteiger partial charge on any atom is -0.372 e. The van der Waals surface area contributed by atoms with Crippen LogP contribution < -0.4 is 15.5 Å². The summed E-state index contributed by atoms with van der Waals surface area (Å²) in [5, 5.41) is 6.07. The molecule has 0 aliphatic heterocycles. The van der Waals surface area contributed by atoms with Gasteiger partial charge in [0.25, 0.3) is 5.91 Å². The predicted octanol–water partition coefficient (Wildman–Crippen LogP) is 3.58. The topological polar surface area (TPSA) is 83.0 Å². The highest BCUT2D eigenvalue weighted by atomic mass is 16.1. The molecule has 0 spiro atoms. The van der Waals surface area contributed by atoms with E-state index in [1.54, 1.807) is 18.5 Å². The molecule has 0 saturated heterocycles. The Balaban J connectivity index is 1.62. The van der Waals surface area contributed by atoms with Crippen LogP contribution in [0.1, 0.15) is 29.9 Å². The number of pyridine rings is 1. The van der Waals surface area contributed by atoms with Crippen LogP contribution >= 0.6 is 0 Å². The molecule has 0 radical (unpaired) electrons. The van der Waals surface area contributed by atoms with Crippen molar-refractivity contribution in [3.8, 4) is 0 Å². The number of hydrogen-bond acceptors (Lipinski definition) is 6. The van der Waals surface area contributed by atoms with Crippen molar-refractivity contribution in [2.24, 2.45) is 0 Å². The molecule has 7 heteroatoms. The summed E-state index contributed by atoms with van der Waals surface area (Å²) in [5.74, 6) is 0.318. The molecule has 1 amide bonds. The van der Waals surface area contributed by atoms with E-state index in [4.69, 9.17) is 0 Å². The maximum Gasteiger partial charge on any atom is 0.274 e. The highest BCUT2D eigenvalue weighted by Crippen LogP contribution is 2.18. The van der Waals surface area contributed by atoms with Crippen LogP contribution in [0.25, 0.3) is 0 Å². The fraction of sp³-hybridized carbons (Fsp3) is 0.238. The largest absolute Gasteiger partial charge is 0.372 e. The van der Waals surface area contributed by atoms with Gasteiger partial charge in [0.2, 0.25) is 0 Å². The molecule has 0 unspecified atom stereocenters. The molecule has 0 atom stereocenters. The average Bonchev–Trinajstić information content (AvgIpc) is 2.75. The standard InChI is InChI=1S/C21H24N6O/c1-3-27(4-2)18-7-5-17(6-8-18)26-21(28)19-13-20(25-15-24-19)23-14-16-9-11-22-12-10-16/h5-13,15H,3-4,14H2,1-2H3,(H,26,28)(H,23,24,25). The zero-order chi connectivity index (χ0) is 19.8. The van der Waals surface area contributed by atoms with Crippen LogP contribution in [0, 0.1) is 0 Å². The summed E-state index contributed by atoms with van der Waals surface area (Å²) in [7, 11) is 0. The summed E-state index contributed by atoms with van der Waals surface area (Å²) in [5.41, 5.74) is 3.24. The van der Waals surface area contributed by atoms with E-state index in [0.717, 1.165) is 30.0 Å². The first-order valence-electron chi connectivity index (χ1n) is 9.30. The number of rotatable bonds is 8. The van der Waals surface area contributed by atoms with Crippen molar-refractivity contribution < 1.29 is 4.79 Å². The van der Waals surface area contributed by atoms with Gasteiger partial charge in [0.1, 0.15) is 17.8 Å². The van der Waals surface area contributed by atoms with Gasteiger partial charge in [0.15, 0.2) is 0 Å². The van der Waals surface area contributed by atoms with E-state index in [-0.39, 0.29) is 5.91 Å². The third kappa shape index (κ3) is 5.03. The summed E-state index contributed by atoms with van der Waals surface area (Å²) in [4.78, 5) is 27.0. The van der Waals surface area contributed by atoms with Crippen molar-refractivity contribution in [1.82, 2.24) is 15.0 Å². The Kier molecular flexibility index (Phi) is 6.51. The Morgan fingerprint density at radius 1 is 1.00 bits per heavy atom. The van der Waals surface area contributed by atoms with Crippen LogP contribution in [0.5, 0.6) is 0 Å². The smallest absolute Gasteiger partial charge is 0.274 e. The summed E-state index contributed by atoms with van der Waals surface area (Å²) in [6.07, 6.45) is 4.86. The molecule has 2 heterocycles. The molecule has 0 fully saturated rings. The van der Waals surface area contributed by atoms with Crippen molar-refractivity contribution >= 4 is 23.1 Å². The third-order valence-corrected chi connectivity index (χ3v) is 4.38. The summed E-state index contributed by atoms with van der Waals surface area (Å²) in [6, 6.07) is 13.3. The number of benzene rings is 1. The van der Waals surface area contributed by atoms with Gasteiger partial charge in [0, 0.05) is 49.5 Å². The zero-order valence-corrected chi connectivity index (χ0v) is 16.1. The van der Waals surface area contributed by atoms with E-state index in [2.05, 4.69) is 44.3 Å². The van der Waals surface area contributed by atoms with E-state index in [1.807, 2.05) is 36.4 Å².